The van der Waals surface area contributed by atoms with Crippen LogP contribution in [-0.2, 0) is 6.54 Å². The van der Waals surface area contributed by atoms with Crippen LogP contribution in [0.25, 0.3) is 27.8 Å². The molecule has 0 saturated carbocycles. The van der Waals surface area contributed by atoms with E-state index in [0.717, 1.165) is 58.2 Å². The fourth-order valence-electron chi connectivity index (χ4n) is 3.43. The molecular weight excluding hydrogens is 405 g/mol. The summed E-state index contributed by atoms with van der Waals surface area (Å²) >= 11 is 3.51. The largest absolute Gasteiger partial charge is 0.313 e. The van der Waals surface area contributed by atoms with Gasteiger partial charge in [0.1, 0.15) is 5.82 Å². The molecule has 4 rings (SSSR count). The molecule has 0 spiro atoms. The standard InChI is InChI=1S/C22H21BrFN3/c1-2-3-10-25-13-15-11-21(17-6-4-5-7-18(17)24)27-20-9-8-16(23)12-19(20)26-14-22(15)27/h4-9,11-12,14,25H,2-3,10,13H2,1H3. The number of hydrogen-bond acceptors (Lipinski definition) is 2. The minimum absolute atomic E-state index is 0.218. The molecule has 0 bridgehead atoms. The summed E-state index contributed by atoms with van der Waals surface area (Å²) in [7, 11) is 0. The van der Waals surface area contributed by atoms with Crippen molar-refractivity contribution in [3.63, 3.8) is 0 Å². The Balaban J connectivity index is 1.93. The second-order valence-corrected chi connectivity index (χ2v) is 7.59. The summed E-state index contributed by atoms with van der Waals surface area (Å²) in [5.41, 5.74) is 5.42. The van der Waals surface area contributed by atoms with Crippen LogP contribution in [-0.4, -0.2) is 15.9 Å². The molecule has 2 aromatic carbocycles. The topological polar surface area (TPSA) is 29.3 Å². The molecule has 138 valence electrons. The second kappa shape index (κ2) is 7.79. The predicted octanol–water partition coefficient (Wildman–Crippen LogP) is 5.95. The van der Waals surface area contributed by atoms with Crippen molar-refractivity contribution in [3.8, 4) is 11.3 Å². The lowest BCUT2D eigenvalue weighted by atomic mass is 10.1. The van der Waals surface area contributed by atoms with Gasteiger partial charge in [-0.05, 0) is 54.9 Å². The number of unbranched alkanes of at least 4 members (excludes halogenated alkanes) is 1. The van der Waals surface area contributed by atoms with E-state index < -0.39 is 0 Å². The Labute approximate surface area is 166 Å². The Bertz CT molecular complexity index is 1100. The van der Waals surface area contributed by atoms with Crippen LogP contribution in [0.5, 0.6) is 0 Å². The quantitative estimate of drug-likeness (QED) is 0.387. The van der Waals surface area contributed by atoms with E-state index in [4.69, 9.17) is 0 Å². The molecule has 4 aromatic rings. The van der Waals surface area contributed by atoms with Gasteiger partial charge in [-0.15, -0.1) is 0 Å². The van der Waals surface area contributed by atoms with Crippen LogP contribution in [0.15, 0.2) is 59.2 Å². The zero-order chi connectivity index (χ0) is 18.8. The molecule has 2 heterocycles. The van der Waals surface area contributed by atoms with Crippen molar-refractivity contribution in [2.24, 2.45) is 0 Å². The average Bonchev–Trinajstić information content (AvgIpc) is 3.04. The number of rotatable bonds is 6. The number of hydrogen-bond donors (Lipinski definition) is 1. The van der Waals surface area contributed by atoms with E-state index in [1.807, 2.05) is 36.5 Å². The van der Waals surface area contributed by atoms with Gasteiger partial charge in [-0.3, -0.25) is 4.98 Å². The molecular formula is C22H21BrFN3. The van der Waals surface area contributed by atoms with E-state index in [-0.39, 0.29) is 5.82 Å². The van der Waals surface area contributed by atoms with Crippen molar-refractivity contribution >= 4 is 32.5 Å². The maximum atomic E-state index is 14.6. The fourth-order valence-corrected chi connectivity index (χ4v) is 3.78. The first kappa shape index (κ1) is 18.1. The SMILES string of the molecule is CCCCNCc1cc(-c2ccccc2F)n2c1cnc1cc(Br)ccc12. The van der Waals surface area contributed by atoms with Crippen molar-refractivity contribution < 1.29 is 4.39 Å². The third-order valence-corrected chi connectivity index (χ3v) is 5.29. The molecule has 0 aliphatic rings. The van der Waals surface area contributed by atoms with Crippen LogP contribution in [0.1, 0.15) is 25.3 Å². The maximum Gasteiger partial charge on any atom is 0.132 e. The van der Waals surface area contributed by atoms with Gasteiger partial charge >= 0.3 is 0 Å². The lowest BCUT2D eigenvalue weighted by molar-refractivity contribution is 0.630. The van der Waals surface area contributed by atoms with E-state index in [1.54, 1.807) is 6.07 Å². The molecule has 3 nitrogen and oxygen atoms in total. The molecule has 0 aliphatic heterocycles. The van der Waals surface area contributed by atoms with Gasteiger partial charge in [-0.2, -0.15) is 0 Å². The number of fused-ring (bicyclic) bond motifs is 3. The highest BCUT2D eigenvalue weighted by Gasteiger charge is 2.16. The predicted molar refractivity (Wildman–Crippen MR) is 112 cm³/mol. The van der Waals surface area contributed by atoms with Gasteiger partial charge in [-0.1, -0.05) is 41.4 Å². The van der Waals surface area contributed by atoms with Crippen molar-refractivity contribution in [2.45, 2.75) is 26.3 Å². The minimum atomic E-state index is -0.218. The van der Waals surface area contributed by atoms with Gasteiger partial charge in [0.25, 0.3) is 0 Å². The third kappa shape index (κ3) is 3.49. The van der Waals surface area contributed by atoms with Gasteiger partial charge in [0, 0.05) is 16.6 Å². The highest BCUT2D eigenvalue weighted by Crippen LogP contribution is 2.31. The van der Waals surface area contributed by atoms with E-state index in [9.17, 15) is 4.39 Å². The van der Waals surface area contributed by atoms with Gasteiger partial charge in [0.05, 0.1) is 28.4 Å². The second-order valence-electron chi connectivity index (χ2n) is 6.68. The molecule has 0 aliphatic carbocycles. The van der Waals surface area contributed by atoms with Crippen LogP contribution >= 0.6 is 15.9 Å². The molecule has 0 saturated heterocycles. The molecule has 27 heavy (non-hydrogen) atoms. The summed E-state index contributed by atoms with van der Waals surface area (Å²) in [5, 5.41) is 3.49. The molecule has 1 N–H and O–H groups in total. The minimum Gasteiger partial charge on any atom is -0.313 e. The molecule has 2 aromatic heterocycles. The molecule has 0 radical (unpaired) electrons. The summed E-state index contributed by atoms with van der Waals surface area (Å²) in [5.74, 6) is -0.218. The van der Waals surface area contributed by atoms with Crippen molar-refractivity contribution in [1.29, 1.82) is 0 Å². The Morgan fingerprint density at radius 1 is 1.11 bits per heavy atom. The first-order valence-electron chi connectivity index (χ1n) is 9.23. The number of aromatic nitrogens is 2. The lowest BCUT2D eigenvalue weighted by Gasteiger charge is -2.09. The summed E-state index contributed by atoms with van der Waals surface area (Å²) < 4.78 is 17.7. The summed E-state index contributed by atoms with van der Waals surface area (Å²) in [4.78, 5) is 4.63. The van der Waals surface area contributed by atoms with E-state index in [0.29, 0.717) is 5.56 Å². The van der Waals surface area contributed by atoms with Crippen LogP contribution < -0.4 is 5.32 Å². The van der Waals surface area contributed by atoms with Gasteiger partial charge in [-0.25, -0.2) is 4.39 Å². The summed E-state index contributed by atoms with van der Waals surface area (Å²) in [6.07, 6.45) is 4.18. The van der Waals surface area contributed by atoms with Crippen LogP contribution in [0.3, 0.4) is 0 Å². The molecule has 0 unspecified atom stereocenters. The Morgan fingerprint density at radius 3 is 2.78 bits per heavy atom. The van der Waals surface area contributed by atoms with Crippen molar-refractivity contribution in [2.75, 3.05) is 6.54 Å². The van der Waals surface area contributed by atoms with Crippen LogP contribution in [0.2, 0.25) is 0 Å². The van der Waals surface area contributed by atoms with E-state index in [1.165, 1.54) is 6.07 Å². The van der Waals surface area contributed by atoms with Gasteiger partial charge < -0.3 is 9.72 Å². The maximum absolute atomic E-state index is 14.6. The van der Waals surface area contributed by atoms with Gasteiger partial charge in [0.15, 0.2) is 0 Å². The van der Waals surface area contributed by atoms with E-state index in [2.05, 4.69) is 43.6 Å². The smallest absolute Gasteiger partial charge is 0.132 e. The Morgan fingerprint density at radius 2 is 1.96 bits per heavy atom. The molecule has 0 atom stereocenters. The zero-order valence-electron chi connectivity index (χ0n) is 15.2. The average molecular weight is 426 g/mol. The van der Waals surface area contributed by atoms with Crippen LogP contribution in [0.4, 0.5) is 4.39 Å². The third-order valence-electron chi connectivity index (χ3n) is 4.80. The van der Waals surface area contributed by atoms with Crippen molar-refractivity contribution in [3.05, 3.63) is 70.6 Å². The molecule has 5 heteroatoms. The van der Waals surface area contributed by atoms with Gasteiger partial charge in [0.2, 0.25) is 0 Å². The van der Waals surface area contributed by atoms with E-state index >= 15 is 0 Å². The highest BCUT2D eigenvalue weighted by atomic mass is 79.9. The first-order chi connectivity index (χ1) is 13.2. The number of benzene rings is 2. The first-order valence-corrected chi connectivity index (χ1v) is 10.0. The molecule has 0 amide bonds. The normalized spacial score (nSPS) is 11.5. The highest BCUT2D eigenvalue weighted by molar-refractivity contribution is 9.10. The summed E-state index contributed by atoms with van der Waals surface area (Å²) in [6.45, 7) is 3.89. The Hall–Kier alpha value is -2.24. The zero-order valence-corrected chi connectivity index (χ0v) is 16.8. The monoisotopic (exact) mass is 425 g/mol. The Kier molecular flexibility index (Phi) is 5.23. The number of nitrogens with zero attached hydrogens (tertiary/aromatic N) is 2. The number of halogens is 2. The lowest BCUT2D eigenvalue weighted by Crippen LogP contribution is -2.14. The van der Waals surface area contributed by atoms with Crippen molar-refractivity contribution in [1.82, 2.24) is 14.7 Å². The summed E-state index contributed by atoms with van der Waals surface area (Å²) in [6, 6.07) is 15.0. The number of nitrogens with one attached hydrogen (secondary N) is 1. The molecule has 0 fully saturated rings. The van der Waals surface area contributed by atoms with Crippen LogP contribution in [0, 0.1) is 5.82 Å². The fraction of sp³-hybridized carbons (Fsp3) is 0.227.